The number of amides is 2. The Balaban J connectivity index is 1.30. The van der Waals surface area contributed by atoms with Gasteiger partial charge in [0.2, 0.25) is 0 Å². The van der Waals surface area contributed by atoms with Crippen molar-refractivity contribution < 1.29 is 4.79 Å². The Morgan fingerprint density at radius 3 is 2.76 bits per heavy atom. The van der Waals surface area contributed by atoms with Crippen LogP contribution in [-0.2, 0) is 0 Å². The van der Waals surface area contributed by atoms with Crippen molar-refractivity contribution in [2.24, 2.45) is 5.92 Å². The molecule has 0 bridgehead atoms. The molecule has 1 aromatic carbocycles. The molecule has 2 fully saturated rings. The van der Waals surface area contributed by atoms with Crippen LogP contribution in [0.25, 0.3) is 0 Å². The summed E-state index contributed by atoms with van der Waals surface area (Å²) < 4.78 is 0. The van der Waals surface area contributed by atoms with Gasteiger partial charge in [0.25, 0.3) is 0 Å². The number of nitrogens with zero attached hydrogens (tertiary/aromatic N) is 2. The maximum atomic E-state index is 12.0. The van der Waals surface area contributed by atoms with Gasteiger partial charge in [-0.2, -0.15) is 0 Å². The second-order valence-corrected chi connectivity index (χ2v) is 7.45. The fourth-order valence-corrected chi connectivity index (χ4v) is 3.97. The fraction of sp³-hybridized carbons (Fsp3) is 0.650. The summed E-state index contributed by atoms with van der Waals surface area (Å²) in [6, 6.07) is 11.2. The minimum Gasteiger partial charge on any atom is -0.371 e. The number of likely N-dealkylation sites (tertiary alicyclic amines) is 1. The first-order chi connectivity index (χ1) is 12.2. The first kappa shape index (κ1) is 18.1. The molecule has 2 aliphatic heterocycles. The van der Waals surface area contributed by atoms with Crippen LogP contribution >= 0.6 is 0 Å². The maximum Gasteiger partial charge on any atom is 0.314 e. The van der Waals surface area contributed by atoms with Gasteiger partial charge in [0.1, 0.15) is 0 Å². The van der Waals surface area contributed by atoms with E-state index in [0.29, 0.717) is 12.0 Å². The minimum absolute atomic E-state index is 0.0252. The maximum absolute atomic E-state index is 12.0. The Morgan fingerprint density at radius 1 is 1.12 bits per heavy atom. The number of para-hydroxylation sites is 1. The third-order valence-corrected chi connectivity index (χ3v) is 5.58. The van der Waals surface area contributed by atoms with Crippen LogP contribution in [0, 0.1) is 5.92 Å². The zero-order valence-electron chi connectivity index (χ0n) is 15.4. The van der Waals surface area contributed by atoms with E-state index in [0.717, 1.165) is 39.1 Å². The van der Waals surface area contributed by atoms with E-state index in [1.165, 1.54) is 31.5 Å². The summed E-state index contributed by atoms with van der Waals surface area (Å²) in [5, 5.41) is 6.06. The number of hydrogen-bond acceptors (Lipinski definition) is 3. The molecule has 2 heterocycles. The second kappa shape index (κ2) is 9.09. The molecular formula is C20H32N4O. The first-order valence-corrected chi connectivity index (χ1v) is 9.78. The number of rotatable bonds is 6. The van der Waals surface area contributed by atoms with Crippen molar-refractivity contribution >= 4 is 11.7 Å². The topological polar surface area (TPSA) is 47.6 Å². The third kappa shape index (κ3) is 5.36. The molecule has 0 spiro atoms. The predicted octanol–water partition coefficient (Wildman–Crippen LogP) is 2.69. The molecule has 25 heavy (non-hydrogen) atoms. The number of carbonyl (C=O) groups is 1. The summed E-state index contributed by atoms with van der Waals surface area (Å²) in [7, 11) is 0. The Bertz CT molecular complexity index is 536. The molecule has 2 N–H and O–H groups in total. The Hall–Kier alpha value is -1.75. The number of piperidine rings is 1. The highest BCUT2D eigenvalue weighted by Crippen LogP contribution is 2.22. The number of nitrogens with one attached hydrogen (secondary N) is 2. The number of anilines is 1. The van der Waals surface area contributed by atoms with Gasteiger partial charge in [-0.15, -0.1) is 0 Å². The van der Waals surface area contributed by atoms with Crippen LogP contribution in [0.2, 0.25) is 0 Å². The number of hydrogen-bond donors (Lipinski definition) is 2. The van der Waals surface area contributed by atoms with Crippen molar-refractivity contribution in [2.45, 2.75) is 38.6 Å². The fourth-order valence-electron chi connectivity index (χ4n) is 3.97. The van der Waals surface area contributed by atoms with E-state index in [-0.39, 0.29) is 6.03 Å². The molecule has 2 aliphatic rings. The molecule has 5 nitrogen and oxygen atoms in total. The molecule has 0 aromatic heterocycles. The highest BCUT2D eigenvalue weighted by atomic mass is 16.2. The molecule has 0 radical (unpaired) electrons. The molecular weight excluding hydrogens is 312 g/mol. The van der Waals surface area contributed by atoms with Gasteiger partial charge in [0.05, 0.1) is 0 Å². The van der Waals surface area contributed by atoms with E-state index in [1.807, 2.05) is 6.07 Å². The van der Waals surface area contributed by atoms with E-state index >= 15 is 0 Å². The lowest BCUT2D eigenvalue weighted by Gasteiger charge is -2.33. The standard InChI is InChI=1S/C20H32N4O/c1-17-7-5-6-12-23(17)14-11-21-20(25)22-15-18-10-13-24(16-18)19-8-3-2-4-9-19/h2-4,8-9,17-18H,5-7,10-16H2,1H3,(H2,21,22,25)/t17-,18-/m0/s1. The van der Waals surface area contributed by atoms with Gasteiger partial charge in [0, 0.05) is 44.5 Å². The lowest BCUT2D eigenvalue weighted by atomic mass is 10.0. The summed E-state index contributed by atoms with van der Waals surface area (Å²) in [5.41, 5.74) is 1.28. The van der Waals surface area contributed by atoms with Gasteiger partial charge >= 0.3 is 6.03 Å². The van der Waals surface area contributed by atoms with Crippen molar-refractivity contribution in [3.05, 3.63) is 30.3 Å². The number of benzene rings is 1. The smallest absolute Gasteiger partial charge is 0.314 e. The molecule has 0 unspecified atom stereocenters. The quantitative estimate of drug-likeness (QED) is 0.834. The van der Waals surface area contributed by atoms with E-state index in [9.17, 15) is 4.79 Å². The van der Waals surface area contributed by atoms with Crippen molar-refractivity contribution in [3.63, 3.8) is 0 Å². The van der Waals surface area contributed by atoms with Crippen LogP contribution in [0.3, 0.4) is 0 Å². The Labute approximate surface area is 151 Å². The van der Waals surface area contributed by atoms with Gasteiger partial charge < -0.3 is 15.5 Å². The molecule has 3 rings (SSSR count). The largest absolute Gasteiger partial charge is 0.371 e. The van der Waals surface area contributed by atoms with Crippen molar-refractivity contribution in [1.82, 2.24) is 15.5 Å². The molecule has 2 saturated heterocycles. The van der Waals surface area contributed by atoms with Crippen molar-refractivity contribution in [3.8, 4) is 0 Å². The van der Waals surface area contributed by atoms with Gasteiger partial charge in [0.15, 0.2) is 0 Å². The molecule has 2 atom stereocenters. The lowest BCUT2D eigenvalue weighted by molar-refractivity contribution is 0.161. The zero-order valence-corrected chi connectivity index (χ0v) is 15.4. The van der Waals surface area contributed by atoms with Gasteiger partial charge in [-0.25, -0.2) is 4.79 Å². The molecule has 2 amide bonds. The van der Waals surface area contributed by atoms with Crippen molar-refractivity contribution in [2.75, 3.05) is 44.2 Å². The first-order valence-electron chi connectivity index (χ1n) is 9.78. The molecule has 1 aromatic rings. The van der Waals surface area contributed by atoms with Crippen molar-refractivity contribution in [1.29, 1.82) is 0 Å². The minimum atomic E-state index is -0.0252. The highest BCUT2D eigenvalue weighted by molar-refractivity contribution is 5.73. The average molecular weight is 345 g/mol. The average Bonchev–Trinajstić information content (AvgIpc) is 3.11. The van der Waals surface area contributed by atoms with E-state index in [2.05, 4.69) is 51.6 Å². The van der Waals surface area contributed by atoms with Crippen LogP contribution in [0.15, 0.2) is 30.3 Å². The highest BCUT2D eigenvalue weighted by Gasteiger charge is 2.23. The van der Waals surface area contributed by atoms with Crippen LogP contribution in [0.5, 0.6) is 0 Å². The van der Waals surface area contributed by atoms with E-state index in [1.54, 1.807) is 0 Å². The monoisotopic (exact) mass is 344 g/mol. The van der Waals surface area contributed by atoms with Gasteiger partial charge in [-0.1, -0.05) is 24.6 Å². The number of urea groups is 1. The zero-order chi connectivity index (χ0) is 17.5. The predicted molar refractivity (Wildman–Crippen MR) is 103 cm³/mol. The summed E-state index contributed by atoms with van der Waals surface area (Å²) in [6.07, 6.45) is 5.05. The van der Waals surface area contributed by atoms with E-state index in [4.69, 9.17) is 0 Å². The Morgan fingerprint density at radius 2 is 1.96 bits per heavy atom. The summed E-state index contributed by atoms with van der Waals surface area (Å²) in [6.45, 7) is 8.01. The molecule has 5 heteroatoms. The molecule has 138 valence electrons. The second-order valence-electron chi connectivity index (χ2n) is 7.45. The summed E-state index contributed by atoms with van der Waals surface area (Å²) in [4.78, 5) is 16.9. The van der Waals surface area contributed by atoms with Crippen LogP contribution in [0.4, 0.5) is 10.5 Å². The Kier molecular flexibility index (Phi) is 6.56. The normalized spacial score (nSPS) is 24.3. The number of carbonyl (C=O) groups excluding carboxylic acids is 1. The SMILES string of the molecule is C[C@H]1CCCCN1CCNC(=O)NC[C@@H]1CCN(c2ccccc2)C1. The van der Waals surface area contributed by atoms with E-state index < -0.39 is 0 Å². The van der Waals surface area contributed by atoms with Crippen LogP contribution in [0.1, 0.15) is 32.6 Å². The van der Waals surface area contributed by atoms with Gasteiger partial charge in [-0.3, -0.25) is 4.90 Å². The van der Waals surface area contributed by atoms with Crippen LogP contribution < -0.4 is 15.5 Å². The van der Waals surface area contributed by atoms with Crippen LogP contribution in [-0.4, -0.2) is 56.2 Å². The van der Waals surface area contributed by atoms with Gasteiger partial charge in [-0.05, 0) is 50.8 Å². The summed E-state index contributed by atoms with van der Waals surface area (Å²) >= 11 is 0. The summed E-state index contributed by atoms with van der Waals surface area (Å²) in [5.74, 6) is 0.535. The third-order valence-electron chi connectivity index (χ3n) is 5.58. The lowest BCUT2D eigenvalue weighted by Crippen LogP contribution is -2.45. The molecule has 0 saturated carbocycles. The molecule has 0 aliphatic carbocycles.